The van der Waals surface area contributed by atoms with Gasteiger partial charge in [0.2, 0.25) is 0 Å². The van der Waals surface area contributed by atoms with Gasteiger partial charge in [0.1, 0.15) is 11.5 Å². The Morgan fingerprint density at radius 3 is 3.00 bits per heavy atom. The smallest absolute Gasteiger partial charge is 0.318 e. The first-order chi connectivity index (χ1) is 5.68. The van der Waals surface area contributed by atoms with Gasteiger partial charge in [-0.25, -0.2) is 0 Å². The maximum Gasteiger partial charge on any atom is 0.318 e. The van der Waals surface area contributed by atoms with Gasteiger partial charge in [-0.1, -0.05) is 6.07 Å². The van der Waals surface area contributed by atoms with Crippen molar-refractivity contribution in [2.45, 2.75) is 12.8 Å². The molecule has 0 radical (unpaired) electrons. The maximum absolute atomic E-state index is 11.0. The zero-order chi connectivity index (χ0) is 8.72. The summed E-state index contributed by atoms with van der Waals surface area (Å²) in [5, 5.41) is 9.08. The summed E-state index contributed by atoms with van der Waals surface area (Å²) in [6.45, 7) is 1.78. The normalized spacial score (nSPS) is 20.4. The van der Waals surface area contributed by atoms with E-state index in [0.29, 0.717) is 5.75 Å². The first-order valence-corrected chi connectivity index (χ1v) is 3.73. The van der Waals surface area contributed by atoms with E-state index in [9.17, 15) is 4.79 Å². The van der Waals surface area contributed by atoms with Gasteiger partial charge in [-0.05, 0) is 13.0 Å². The monoisotopic (exact) mass is 164 g/mol. The van der Waals surface area contributed by atoms with Crippen LogP contribution in [0.15, 0.2) is 18.2 Å². The fraction of sp³-hybridized carbons (Fsp3) is 0.222. The van der Waals surface area contributed by atoms with Crippen molar-refractivity contribution < 1.29 is 14.6 Å². The summed E-state index contributed by atoms with van der Waals surface area (Å²) in [7, 11) is 0. The predicted octanol–water partition coefficient (Wildman–Crippen LogP) is 1.41. The zero-order valence-electron chi connectivity index (χ0n) is 6.57. The van der Waals surface area contributed by atoms with E-state index in [4.69, 9.17) is 9.84 Å². The minimum atomic E-state index is -0.254. The molecule has 1 aromatic rings. The summed E-state index contributed by atoms with van der Waals surface area (Å²) >= 11 is 0. The summed E-state index contributed by atoms with van der Waals surface area (Å²) in [6, 6.07) is 4.72. The molecule has 1 aliphatic heterocycles. The highest BCUT2D eigenvalue weighted by atomic mass is 16.5. The molecule has 12 heavy (non-hydrogen) atoms. The third-order valence-corrected chi connectivity index (χ3v) is 2.03. The molecule has 0 aromatic heterocycles. The molecule has 1 heterocycles. The van der Waals surface area contributed by atoms with Crippen LogP contribution in [-0.2, 0) is 4.79 Å². The third kappa shape index (κ3) is 0.863. The highest BCUT2D eigenvalue weighted by Gasteiger charge is 2.28. The van der Waals surface area contributed by atoms with E-state index in [2.05, 4.69) is 0 Å². The molecule has 1 N–H and O–H groups in total. The van der Waals surface area contributed by atoms with Gasteiger partial charge in [0.05, 0.1) is 5.92 Å². The lowest BCUT2D eigenvalue weighted by molar-refractivity contribution is -0.133. The Bertz CT molecular complexity index is 344. The van der Waals surface area contributed by atoms with Crippen LogP contribution in [0.5, 0.6) is 11.5 Å². The molecule has 2 rings (SSSR count). The van der Waals surface area contributed by atoms with E-state index in [-0.39, 0.29) is 17.6 Å². The van der Waals surface area contributed by atoms with Crippen LogP contribution in [0.3, 0.4) is 0 Å². The second-order valence-electron chi connectivity index (χ2n) is 2.86. The largest absolute Gasteiger partial charge is 0.508 e. The minimum absolute atomic E-state index is 0.121. The second kappa shape index (κ2) is 2.24. The number of esters is 1. The van der Waals surface area contributed by atoms with Crippen LogP contribution in [0.25, 0.3) is 0 Å². The molecule has 0 spiro atoms. The summed E-state index contributed by atoms with van der Waals surface area (Å²) in [5.74, 6) is 0.138. The SMILES string of the molecule is CC1C(=O)Oc2cc(O)ccc21. The summed E-state index contributed by atoms with van der Waals surface area (Å²) in [4.78, 5) is 11.0. The van der Waals surface area contributed by atoms with E-state index in [1.54, 1.807) is 19.1 Å². The lowest BCUT2D eigenvalue weighted by Gasteiger charge is -1.97. The second-order valence-corrected chi connectivity index (χ2v) is 2.86. The van der Waals surface area contributed by atoms with Gasteiger partial charge in [0.15, 0.2) is 0 Å². The number of benzene rings is 1. The average Bonchev–Trinajstić information content (AvgIpc) is 2.28. The predicted molar refractivity (Wildman–Crippen MR) is 42.2 cm³/mol. The molecular weight excluding hydrogens is 156 g/mol. The number of carbonyl (C=O) groups excluding carboxylic acids is 1. The summed E-state index contributed by atoms with van der Waals surface area (Å²) in [6.07, 6.45) is 0. The van der Waals surface area contributed by atoms with Crippen LogP contribution in [0.1, 0.15) is 18.4 Å². The molecule has 0 saturated carbocycles. The van der Waals surface area contributed by atoms with E-state index in [1.165, 1.54) is 6.07 Å². The molecule has 3 nitrogen and oxygen atoms in total. The Labute approximate surface area is 69.6 Å². The Morgan fingerprint density at radius 1 is 1.50 bits per heavy atom. The number of aromatic hydroxyl groups is 1. The van der Waals surface area contributed by atoms with Crippen LogP contribution in [0.4, 0.5) is 0 Å². The quantitative estimate of drug-likeness (QED) is 0.466. The number of ether oxygens (including phenoxy) is 1. The molecule has 0 saturated heterocycles. The van der Waals surface area contributed by atoms with Gasteiger partial charge < -0.3 is 9.84 Å². The molecule has 0 fully saturated rings. The standard InChI is InChI=1S/C9H8O3/c1-5-7-3-2-6(10)4-8(7)12-9(5)11/h2-5,10H,1H3. The molecule has 1 atom stereocenters. The Hall–Kier alpha value is -1.51. The maximum atomic E-state index is 11.0. The first kappa shape index (κ1) is 7.16. The van der Waals surface area contributed by atoms with Crippen molar-refractivity contribution in [3.8, 4) is 11.5 Å². The van der Waals surface area contributed by atoms with Crippen LogP contribution >= 0.6 is 0 Å². The number of hydrogen-bond donors (Lipinski definition) is 1. The number of rotatable bonds is 0. The molecule has 1 aliphatic rings. The van der Waals surface area contributed by atoms with Crippen LogP contribution in [-0.4, -0.2) is 11.1 Å². The number of hydrogen-bond acceptors (Lipinski definition) is 3. The highest BCUT2D eigenvalue weighted by molar-refractivity contribution is 5.85. The highest BCUT2D eigenvalue weighted by Crippen LogP contribution is 2.36. The Kier molecular flexibility index (Phi) is 1.33. The van der Waals surface area contributed by atoms with Gasteiger partial charge in [0.25, 0.3) is 0 Å². The zero-order valence-corrected chi connectivity index (χ0v) is 6.57. The summed E-state index contributed by atoms with van der Waals surface area (Å²) < 4.78 is 4.90. The fourth-order valence-corrected chi connectivity index (χ4v) is 1.29. The van der Waals surface area contributed by atoms with Gasteiger partial charge >= 0.3 is 5.97 Å². The number of phenolic OH excluding ortho intramolecular Hbond substituents is 1. The number of phenols is 1. The van der Waals surface area contributed by atoms with Crippen molar-refractivity contribution in [2.75, 3.05) is 0 Å². The van der Waals surface area contributed by atoms with Crippen molar-refractivity contribution in [1.29, 1.82) is 0 Å². The summed E-state index contributed by atoms with van der Waals surface area (Å²) in [5.41, 5.74) is 0.845. The number of fused-ring (bicyclic) bond motifs is 1. The molecule has 0 amide bonds. The van der Waals surface area contributed by atoms with Crippen molar-refractivity contribution >= 4 is 5.97 Å². The minimum Gasteiger partial charge on any atom is -0.508 e. The topological polar surface area (TPSA) is 46.5 Å². The Morgan fingerprint density at radius 2 is 2.25 bits per heavy atom. The van der Waals surface area contributed by atoms with Crippen molar-refractivity contribution in [3.63, 3.8) is 0 Å². The molecule has 0 aliphatic carbocycles. The van der Waals surface area contributed by atoms with E-state index in [1.807, 2.05) is 0 Å². The van der Waals surface area contributed by atoms with Crippen molar-refractivity contribution in [2.24, 2.45) is 0 Å². The van der Waals surface area contributed by atoms with Gasteiger partial charge in [-0.15, -0.1) is 0 Å². The van der Waals surface area contributed by atoms with Crippen LogP contribution in [0.2, 0.25) is 0 Å². The van der Waals surface area contributed by atoms with Crippen LogP contribution in [0, 0.1) is 0 Å². The molecule has 3 heteroatoms. The Balaban J connectivity index is 2.54. The van der Waals surface area contributed by atoms with E-state index in [0.717, 1.165) is 5.56 Å². The van der Waals surface area contributed by atoms with Gasteiger partial charge in [-0.3, -0.25) is 4.79 Å². The van der Waals surface area contributed by atoms with Gasteiger partial charge in [0, 0.05) is 11.6 Å². The number of carbonyl (C=O) groups is 1. The molecule has 1 unspecified atom stereocenters. The van der Waals surface area contributed by atoms with E-state index >= 15 is 0 Å². The lowest BCUT2D eigenvalue weighted by Crippen LogP contribution is -2.05. The first-order valence-electron chi connectivity index (χ1n) is 3.73. The fourth-order valence-electron chi connectivity index (χ4n) is 1.29. The van der Waals surface area contributed by atoms with Gasteiger partial charge in [-0.2, -0.15) is 0 Å². The molecule has 62 valence electrons. The average molecular weight is 164 g/mol. The van der Waals surface area contributed by atoms with Crippen molar-refractivity contribution in [3.05, 3.63) is 23.8 Å². The molecular formula is C9H8O3. The van der Waals surface area contributed by atoms with Crippen LogP contribution < -0.4 is 4.74 Å². The van der Waals surface area contributed by atoms with E-state index < -0.39 is 0 Å². The third-order valence-electron chi connectivity index (χ3n) is 2.03. The lowest BCUT2D eigenvalue weighted by atomic mass is 10.0. The van der Waals surface area contributed by atoms with Crippen molar-refractivity contribution in [1.82, 2.24) is 0 Å². The molecule has 0 bridgehead atoms. The molecule has 1 aromatic carbocycles.